The third-order valence-electron chi connectivity index (χ3n) is 1.71. The molecule has 0 aromatic rings. The van der Waals surface area contributed by atoms with Crippen molar-refractivity contribution in [2.45, 2.75) is 51.7 Å². The fourth-order valence-electron chi connectivity index (χ4n) is 0.866. The molecule has 2 nitrogen and oxygen atoms in total. The predicted octanol–water partition coefficient (Wildman–Crippen LogP) is 1.27. The summed E-state index contributed by atoms with van der Waals surface area (Å²) in [5, 5.41) is 9.23. The molecule has 0 spiro atoms. The van der Waals surface area contributed by atoms with Crippen LogP contribution in [0.4, 0.5) is 0 Å². The normalized spacial score (nSPS) is 16.8. The van der Waals surface area contributed by atoms with Crippen LogP contribution in [-0.4, -0.2) is 17.3 Å². The fraction of sp³-hybridized carbons (Fsp3) is 1.00. The van der Waals surface area contributed by atoms with Crippen molar-refractivity contribution in [2.75, 3.05) is 0 Å². The molecule has 0 unspecified atom stereocenters. The monoisotopic (exact) mass is 145 g/mol. The van der Waals surface area contributed by atoms with Gasteiger partial charge in [0, 0.05) is 6.04 Å². The SMILES string of the molecule is CCCCC[C@H](O)[C@@H](C)N. The van der Waals surface area contributed by atoms with Gasteiger partial charge in [-0.2, -0.15) is 0 Å². The van der Waals surface area contributed by atoms with Crippen molar-refractivity contribution in [3.63, 3.8) is 0 Å². The van der Waals surface area contributed by atoms with Gasteiger partial charge in [0.25, 0.3) is 0 Å². The Labute approximate surface area is 63.4 Å². The number of aliphatic hydroxyl groups is 1. The van der Waals surface area contributed by atoms with Crippen molar-refractivity contribution in [1.82, 2.24) is 0 Å². The molecule has 0 radical (unpaired) electrons. The molecule has 0 bridgehead atoms. The summed E-state index contributed by atoms with van der Waals surface area (Å²) in [6, 6.07) is -0.0724. The molecule has 2 atom stereocenters. The van der Waals surface area contributed by atoms with E-state index in [-0.39, 0.29) is 12.1 Å². The van der Waals surface area contributed by atoms with Crippen molar-refractivity contribution < 1.29 is 5.11 Å². The third-order valence-corrected chi connectivity index (χ3v) is 1.71. The minimum atomic E-state index is -0.299. The number of unbranched alkanes of at least 4 members (excludes halogenated alkanes) is 2. The zero-order valence-corrected chi connectivity index (χ0v) is 7.01. The summed E-state index contributed by atoms with van der Waals surface area (Å²) in [5.41, 5.74) is 5.47. The summed E-state index contributed by atoms with van der Waals surface area (Å²) < 4.78 is 0. The molecular weight excluding hydrogens is 126 g/mol. The smallest absolute Gasteiger partial charge is 0.0688 e. The lowest BCUT2D eigenvalue weighted by atomic mass is 10.1. The topological polar surface area (TPSA) is 46.2 Å². The number of hydrogen-bond acceptors (Lipinski definition) is 2. The summed E-state index contributed by atoms with van der Waals surface area (Å²) >= 11 is 0. The van der Waals surface area contributed by atoms with Gasteiger partial charge in [-0.05, 0) is 13.3 Å². The minimum Gasteiger partial charge on any atom is -0.392 e. The summed E-state index contributed by atoms with van der Waals surface area (Å²) in [5.74, 6) is 0. The van der Waals surface area contributed by atoms with Crippen LogP contribution < -0.4 is 5.73 Å². The first kappa shape index (κ1) is 9.92. The molecule has 3 N–H and O–H groups in total. The van der Waals surface area contributed by atoms with E-state index in [2.05, 4.69) is 6.92 Å². The molecule has 0 aromatic heterocycles. The Balaban J connectivity index is 3.13. The Bertz CT molecular complexity index is 73.7. The van der Waals surface area contributed by atoms with Crippen molar-refractivity contribution >= 4 is 0 Å². The van der Waals surface area contributed by atoms with E-state index in [0.29, 0.717) is 0 Å². The Hall–Kier alpha value is -0.0800. The van der Waals surface area contributed by atoms with Gasteiger partial charge in [0.1, 0.15) is 0 Å². The summed E-state index contributed by atoms with van der Waals surface area (Å²) in [4.78, 5) is 0. The molecule has 10 heavy (non-hydrogen) atoms. The molecule has 0 aliphatic rings. The van der Waals surface area contributed by atoms with Crippen molar-refractivity contribution in [3.05, 3.63) is 0 Å². The number of nitrogens with two attached hydrogens (primary N) is 1. The van der Waals surface area contributed by atoms with E-state index < -0.39 is 0 Å². The zero-order chi connectivity index (χ0) is 7.98. The maximum Gasteiger partial charge on any atom is 0.0688 e. The number of aliphatic hydroxyl groups excluding tert-OH is 1. The highest BCUT2D eigenvalue weighted by atomic mass is 16.3. The molecule has 0 heterocycles. The maximum absolute atomic E-state index is 9.23. The Kier molecular flexibility index (Phi) is 5.64. The van der Waals surface area contributed by atoms with Gasteiger partial charge >= 0.3 is 0 Å². The van der Waals surface area contributed by atoms with Gasteiger partial charge in [0.05, 0.1) is 6.10 Å². The third kappa shape index (κ3) is 4.77. The van der Waals surface area contributed by atoms with E-state index in [0.717, 1.165) is 12.8 Å². The second kappa shape index (κ2) is 5.69. The number of rotatable bonds is 5. The largest absolute Gasteiger partial charge is 0.392 e. The first-order valence-electron chi connectivity index (χ1n) is 4.12. The predicted molar refractivity (Wildman–Crippen MR) is 43.8 cm³/mol. The van der Waals surface area contributed by atoms with Crippen molar-refractivity contribution in [1.29, 1.82) is 0 Å². The first-order valence-corrected chi connectivity index (χ1v) is 4.12. The number of hydrogen-bond donors (Lipinski definition) is 2. The van der Waals surface area contributed by atoms with E-state index in [1.165, 1.54) is 12.8 Å². The van der Waals surface area contributed by atoms with Gasteiger partial charge in [-0.3, -0.25) is 0 Å². The van der Waals surface area contributed by atoms with Crippen molar-refractivity contribution in [2.24, 2.45) is 5.73 Å². The maximum atomic E-state index is 9.23. The Morgan fingerprint density at radius 3 is 2.40 bits per heavy atom. The molecule has 0 aromatic carbocycles. The van der Waals surface area contributed by atoms with Crippen LogP contribution in [0.2, 0.25) is 0 Å². The van der Waals surface area contributed by atoms with E-state index in [9.17, 15) is 5.11 Å². The van der Waals surface area contributed by atoms with Gasteiger partial charge in [0.2, 0.25) is 0 Å². The standard InChI is InChI=1S/C8H19NO/c1-3-4-5-6-8(10)7(2)9/h7-8,10H,3-6,9H2,1-2H3/t7-,8+/m1/s1. The van der Waals surface area contributed by atoms with Gasteiger partial charge < -0.3 is 10.8 Å². The first-order chi connectivity index (χ1) is 4.68. The molecule has 0 amide bonds. The quantitative estimate of drug-likeness (QED) is 0.572. The van der Waals surface area contributed by atoms with E-state index >= 15 is 0 Å². The van der Waals surface area contributed by atoms with Crippen molar-refractivity contribution in [3.8, 4) is 0 Å². The van der Waals surface area contributed by atoms with Gasteiger partial charge in [-0.1, -0.05) is 26.2 Å². The summed E-state index contributed by atoms with van der Waals surface area (Å²) in [6.07, 6.45) is 4.05. The highest BCUT2D eigenvalue weighted by Gasteiger charge is 2.07. The van der Waals surface area contributed by atoms with Crippen LogP contribution in [0.1, 0.15) is 39.5 Å². The van der Waals surface area contributed by atoms with Crippen LogP contribution in [0.25, 0.3) is 0 Å². The Morgan fingerprint density at radius 1 is 1.40 bits per heavy atom. The van der Waals surface area contributed by atoms with Crippen LogP contribution in [0.5, 0.6) is 0 Å². The Morgan fingerprint density at radius 2 is 2.00 bits per heavy atom. The van der Waals surface area contributed by atoms with Gasteiger partial charge in [-0.25, -0.2) is 0 Å². The van der Waals surface area contributed by atoms with Gasteiger partial charge in [0.15, 0.2) is 0 Å². The molecule has 0 aliphatic heterocycles. The fourth-order valence-corrected chi connectivity index (χ4v) is 0.866. The second-order valence-electron chi connectivity index (χ2n) is 2.92. The lowest BCUT2D eigenvalue weighted by molar-refractivity contribution is 0.138. The molecule has 0 fully saturated rings. The average Bonchev–Trinajstić information content (AvgIpc) is 1.88. The molecule has 0 saturated carbocycles. The highest BCUT2D eigenvalue weighted by molar-refractivity contribution is 4.65. The second-order valence-corrected chi connectivity index (χ2v) is 2.92. The van der Waals surface area contributed by atoms with Crippen LogP contribution in [0.15, 0.2) is 0 Å². The molecule has 0 saturated heterocycles. The van der Waals surface area contributed by atoms with E-state index in [4.69, 9.17) is 5.73 Å². The highest BCUT2D eigenvalue weighted by Crippen LogP contribution is 2.04. The molecular formula is C8H19NO. The van der Waals surface area contributed by atoms with Crippen LogP contribution in [0, 0.1) is 0 Å². The molecule has 0 rings (SSSR count). The van der Waals surface area contributed by atoms with E-state index in [1.54, 1.807) is 0 Å². The molecule has 62 valence electrons. The van der Waals surface area contributed by atoms with Crippen LogP contribution in [-0.2, 0) is 0 Å². The van der Waals surface area contributed by atoms with Gasteiger partial charge in [-0.15, -0.1) is 0 Å². The van der Waals surface area contributed by atoms with E-state index in [1.807, 2.05) is 6.92 Å². The average molecular weight is 145 g/mol. The minimum absolute atomic E-state index is 0.0724. The zero-order valence-electron chi connectivity index (χ0n) is 7.01. The van der Waals surface area contributed by atoms with Crippen LogP contribution >= 0.6 is 0 Å². The lowest BCUT2D eigenvalue weighted by Crippen LogP contribution is -2.31. The summed E-state index contributed by atoms with van der Waals surface area (Å²) in [6.45, 7) is 3.99. The molecule has 0 aliphatic carbocycles. The molecule has 2 heteroatoms. The lowest BCUT2D eigenvalue weighted by Gasteiger charge is -2.13. The van der Waals surface area contributed by atoms with Crippen LogP contribution in [0.3, 0.4) is 0 Å². The summed E-state index contributed by atoms with van der Waals surface area (Å²) in [7, 11) is 0.